The SMILES string of the molecule is CCOc1cc(C#N)ccc1OCC1CNC(=O)O1. The van der Waals surface area contributed by atoms with Crippen molar-refractivity contribution in [2.75, 3.05) is 19.8 Å². The average Bonchev–Trinajstić information content (AvgIpc) is 2.83. The molecule has 19 heavy (non-hydrogen) atoms. The van der Waals surface area contributed by atoms with E-state index < -0.39 is 6.09 Å². The van der Waals surface area contributed by atoms with Gasteiger partial charge in [-0.25, -0.2) is 4.79 Å². The number of alkyl carbamates (subject to hydrolysis) is 1. The van der Waals surface area contributed by atoms with Crippen molar-refractivity contribution < 1.29 is 19.0 Å². The van der Waals surface area contributed by atoms with E-state index in [4.69, 9.17) is 19.5 Å². The molecule has 6 nitrogen and oxygen atoms in total. The highest BCUT2D eigenvalue weighted by Gasteiger charge is 2.23. The van der Waals surface area contributed by atoms with Crippen LogP contribution in [0.5, 0.6) is 11.5 Å². The fourth-order valence-corrected chi connectivity index (χ4v) is 1.67. The molecule has 100 valence electrons. The molecule has 6 heteroatoms. The van der Waals surface area contributed by atoms with Gasteiger partial charge in [-0.3, -0.25) is 0 Å². The lowest BCUT2D eigenvalue weighted by Gasteiger charge is -2.14. The second-order valence-electron chi connectivity index (χ2n) is 3.93. The normalized spacial score (nSPS) is 17.3. The number of nitrogens with one attached hydrogen (secondary N) is 1. The lowest BCUT2D eigenvalue weighted by Crippen LogP contribution is -2.22. The van der Waals surface area contributed by atoms with Crippen LogP contribution in [0.2, 0.25) is 0 Å². The van der Waals surface area contributed by atoms with E-state index in [1.54, 1.807) is 18.2 Å². The van der Waals surface area contributed by atoms with Crippen LogP contribution in [0.25, 0.3) is 0 Å². The van der Waals surface area contributed by atoms with Crippen molar-refractivity contribution in [3.05, 3.63) is 23.8 Å². The quantitative estimate of drug-likeness (QED) is 0.868. The molecule has 1 amide bonds. The Kier molecular flexibility index (Phi) is 4.08. The molecular formula is C13H14N2O4. The third kappa shape index (κ3) is 3.28. The van der Waals surface area contributed by atoms with Crippen molar-refractivity contribution in [3.8, 4) is 17.6 Å². The van der Waals surface area contributed by atoms with E-state index in [0.717, 1.165) is 0 Å². The third-order valence-corrected chi connectivity index (χ3v) is 2.55. The molecule has 1 saturated heterocycles. The monoisotopic (exact) mass is 262 g/mol. The molecule has 1 unspecified atom stereocenters. The molecule has 0 aromatic heterocycles. The first-order valence-electron chi connectivity index (χ1n) is 5.97. The first kappa shape index (κ1) is 13.0. The summed E-state index contributed by atoms with van der Waals surface area (Å²) in [6, 6.07) is 6.99. The number of amides is 1. The summed E-state index contributed by atoms with van der Waals surface area (Å²) in [4.78, 5) is 10.9. The lowest BCUT2D eigenvalue weighted by atomic mass is 10.2. The zero-order valence-corrected chi connectivity index (χ0v) is 10.5. The highest BCUT2D eigenvalue weighted by Crippen LogP contribution is 2.28. The van der Waals surface area contributed by atoms with E-state index in [1.165, 1.54) is 0 Å². The van der Waals surface area contributed by atoms with Gasteiger partial charge >= 0.3 is 6.09 Å². The Morgan fingerprint density at radius 1 is 1.47 bits per heavy atom. The highest BCUT2D eigenvalue weighted by atomic mass is 16.6. The number of hydrogen-bond donors (Lipinski definition) is 1. The van der Waals surface area contributed by atoms with E-state index in [-0.39, 0.29) is 12.7 Å². The number of benzene rings is 1. The maximum atomic E-state index is 10.9. The fourth-order valence-electron chi connectivity index (χ4n) is 1.67. The van der Waals surface area contributed by atoms with Gasteiger partial charge in [0.2, 0.25) is 0 Å². The molecule has 1 aromatic carbocycles. The number of ether oxygens (including phenoxy) is 3. The van der Waals surface area contributed by atoms with E-state index in [1.807, 2.05) is 13.0 Å². The molecule has 1 atom stereocenters. The topological polar surface area (TPSA) is 80.6 Å². The van der Waals surface area contributed by atoms with Crippen LogP contribution in [0.3, 0.4) is 0 Å². The Hall–Kier alpha value is -2.42. The summed E-state index contributed by atoms with van der Waals surface area (Å²) in [6.45, 7) is 3.00. The minimum absolute atomic E-state index is 0.241. The second kappa shape index (κ2) is 5.96. The first-order chi connectivity index (χ1) is 9.22. The van der Waals surface area contributed by atoms with Gasteiger partial charge in [0, 0.05) is 6.07 Å². The molecule has 1 heterocycles. The van der Waals surface area contributed by atoms with Crippen LogP contribution >= 0.6 is 0 Å². The summed E-state index contributed by atoms with van der Waals surface area (Å²) in [6.07, 6.45) is -0.740. The van der Waals surface area contributed by atoms with Crippen LogP contribution in [0.15, 0.2) is 18.2 Å². The van der Waals surface area contributed by atoms with E-state index >= 15 is 0 Å². The van der Waals surface area contributed by atoms with Crippen LogP contribution in [0, 0.1) is 11.3 Å². The van der Waals surface area contributed by atoms with Gasteiger partial charge in [0.1, 0.15) is 6.61 Å². The van der Waals surface area contributed by atoms with E-state index in [0.29, 0.717) is 30.2 Å². The van der Waals surface area contributed by atoms with Gasteiger partial charge in [-0.15, -0.1) is 0 Å². The van der Waals surface area contributed by atoms with Crippen molar-refractivity contribution >= 4 is 6.09 Å². The predicted octanol–water partition coefficient (Wildman–Crippen LogP) is 1.44. The number of nitriles is 1. The van der Waals surface area contributed by atoms with E-state index in [9.17, 15) is 4.79 Å². The minimum Gasteiger partial charge on any atom is -0.490 e. The maximum absolute atomic E-state index is 10.9. The number of hydrogen-bond acceptors (Lipinski definition) is 5. The second-order valence-corrected chi connectivity index (χ2v) is 3.93. The molecule has 1 fully saturated rings. The van der Waals surface area contributed by atoms with Gasteiger partial charge in [0.25, 0.3) is 0 Å². The van der Waals surface area contributed by atoms with Gasteiger partial charge in [-0.1, -0.05) is 0 Å². The molecule has 1 aliphatic rings. The summed E-state index contributed by atoms with van der Waals surface area (Å²) in [5, 5.41) is 11.4. The molecule has 0 bridgehead atoms. The predicted molar refractivity (Wildman–Crippen MR) is 66.1 cm³/mol. The van der Waals surface area contributed by atoms with Gasteiger partial charge in [0.05, 0.1) is 24.8 Å². The van der Waals surface area contributed by atoms with Crippen molar-refractivity contribution in [3.63, 3.8) is 0 Å². The standard InChI is InChI=1S/C13H14N2O4/c1-2-17-12-5-9(6-14)3-4-11(12)18-8-10-7-15-13(16)19-10/h3-5,10H,2,7-8H2,1H3,(H,15,16). The summed E-state index contributed by atoms with van der Waals surface area (Å²) in [5.41, 5.74) is 0.504. The number of cyclic esters (lactones) is 1. The molecular weight excluding hydrogens is 248 g/mol. The molecule has 0 saturated carbocycles. The zero-order valence-electron chi connectivity index (χ0n) is 10.5. The molecule has 1 N–H and O–H groups in total. The number of carbonyl (C=O) groups is 1. The molecule has 1 aromatic rings. The van der Waals surface area contributed by atoms with Crippen molar-refractivity contribution in [1.82, 2.24) is 5.32 Å². The van der Waals surface area contributed by atoms with Crippen molar-refractivity contribution in [1.29, 1.82) is 5.26 Å². The number of rotatable bonds is 5. The number of carbonyl (C=O) groups excluding carboxylic acids is 1. The van der Waals surface area contributed by atoms with Crippen LogP contribution in [-0.4, -0.2) is 32.0 Å². The smallest absolute Gasteiger partial charge is 0.407 e. The first-order valence-corrected chi connectivity index (χ1v) is 5.97. The molecule has 0 radical (unpaired) electrons. The largest absolute Gasteiger partial charge is 0.490 e. The zero-order chi connectivity index (χ0) is 13.7. The van der Waals surface area contributed by atoms with Crippen molar-refractivity contribution in [2.24, 2.45) is 0 Å². The Bertz CT molecular complexity index is 510. The molecule has 0 spiro atoms. The van der Waals surface area contributed by atoms with Crippen LogP contribution < -0.4 is 14.8 Å². The maximum Gasteiger partial charge on any atom is 0.407 e. The van der Waals surface area contributed by atoms with Gasteiger partial charge < -0.3 is 19.5 Å². The highest BCUT2D eigenvalue weighted by molar-refractivity contribution is 5.69. The summed E-state index contributed by atoms with van der Waals surface area (Å²) < 4.78 is 15.9. The van der Waals surface area contributed by atoms with E-state index in [2.05, 4.69) is 5.32 Å². The minimum atomic E-state index is -0.432. The summed E-state index contributed by atoms with van der Waals surface area (Å²) in [5.74, 6) is 1.04. The average molecular weight is 262 g/mol. The Labute approximate surface area is 110 Å². The Balaban J connectivity index is 2.02. The third-order valence-electron chi connectivity index (χ3n) is 2.55. The lowest BCUT2D eigenvalue weighted by molar-refractivity contribution is 0.103. The van der Waals surface area contributed by atoms with Crippen LogP contribution in [0.4, 0.5) is 4.79 Å². The van der Waals surface area contributed by atoms with Crippen molar-refractivity contribution in [2.45, 2.75) is 13.0 Å². The fraction of sp³-hybridized carbons (Fsp3) is 0.385. The molecule has 2 rings (SSSR count). The Morgan fingerprint density at radius 3 is 2.95 bits per heavy atom. The molecule has 1 aliphatic heterocycles. The summed E-state index contributed by atoms with van der Waals surface area (Å²) in [7, 11) is 0. The molecule has 0 aliphatic carbocycles. The van der Waals surface area contributed by atoms with Gasteiger partial charge in [-0.05, 0) is 19.1 Å². The Morgan fingerprint density at radius 2 is 2.32 bits per heavy atom. The summed E-state index contributed by atoms with van der Waals surface area (Å²) >= 11 is 0. The van der Waals surface area contributed by atoms with Gasteiger partial charge in [0.15, 0.2) is 17.6 Å². The van der Waals surface area contributed by atoms with Gasteiger partial charge in [-0.2, -0.15) is 5.26 Å². The number of nitrogens with zero attached hydrogens (tertiary/aromatic N) is 1. The van der Waals surface area contributed by atoms with Crippen LogP contribution in [0.1, 0.15) is 12.5 Å². The van der Waals surface area contributed by atoms with Crippen LogP contribution in [-0.2, 0) is 4.74 Å².